The Morgan fingerprint density at radius 2 is 1.59 bits per heavy atom. The van der Waals surface area contributed by atoms with Crippen LogP contribution in [0, 0.1) is 0 Å². The van der Waals surface area contributed by atoms with Crippen molar-refractivity contribution >= 4 is 23.0 Å². The minimum Gasteiger partial charge on any atom is -0.508 e. The molecule has 0 unspecified atom stereocenters. The van der Waals surface area contributed by atoms with Gasteiger partial charge >= 0.3 is 0 Å². The Balaban J connectivity index is 2.47. The molecule has 2 aromatic carbocycles. The molecule has 2 N–H and O–H groups in total. The maximum atomic E-state index is 12.8. The van der Waals surface area contributed by atoms with Crippen LogP contribution in [0.1, 0.15) is 52.7 Å². The summed E-state index contributed by atoms with van der Waals surface area (Å²) in [6.45, 7) is 12.5. The summed E-state index contributed by atoms with van der Waals surface area (Å²) in [4.78, 5) is 23.8. The second-order valence-electron chi connectivity index (χ2n) is 9.41. The number of aromatic nitrogens is 1. The van der Waals surface area contributed by atoms with Crippen molar-refractivity contribution in [3.8, 4) is 11.4 Å². The smallest absolute Gasteiger partial charge is 0.212 e. The predicted molar refractivity (Wildman–Crippen MR) is 118 cm³/mol. The number of hydrogen-bond donors (Lipinski definition) is 2. The number of anilines is 1. The van der Waals surface area contributed by atoms with E-state index in [4.69, 9.17) is 0 Å². The summed E-state index contributed by atoms with van der Waals surface area (Å²) in [5.41, 5.74) is 2.89. The number of carbonyl (C=O) groups excluding carboxylic acids is 1. The van der Waals surface area contributed by atoms with E-state index in [1.54, 1.807) is 24.4 Å². The van der Waals surface area contributed by atoms with Crippen LogP contribution < -0.4 is 10.7 Å². The molecule has 0 saturated carbocycles. The number of phenolic OH excluding ortho intramolecular Hbond substituents is 1. The fourth-order valence-corrected chi connectivity index (χ4v) is 3.62. The number of amides is 1. The van der Waals surface area contributed by atoms with E-state index in [0.717, 1.165) is 16.8 Å². The van der Waals surface area contributed by atoms with Gasteiger partial charge in [0.25, 0.3) is 0 Å². The number of rotatable bonds is 3. The van der Waals surface area contributed by atoms with Crippen LogP contribution in [-0.2, 0) is 15.6 Å². The second kappa shape index (κ2) is 7.07. The standard InChI is InChI=1S/C24H28N2O3/c1-23(2,3)16-11-17(24(4,5)6)21(28)12-20(16)26-13-18(25-14-27)22(29)15-9-7-8-10-19(15)26/h7-14,28H,1-6H3,(H,25,27). The molecule has 0 bridgehead atoms. The molecule has 0 aliphatic heterocycles. The molecule has 0 fully saturated rings. The van der Waals surface area contributed by atoms with E-state index >= 15 is 0 Å². The summed E-state index contributed by atoms with van der Waals surface area (Å²) in [6.07, 6.45) is 2.13. The molecule has 0 aliphatic carbocycles. The quantitative estimate of drug-likeness (QED) is 0.625. The lowest BCUT2D eigenvalue weighted by Gasteiger charge is -2.29. The fraction of sp³-hybridized carbons (Fsp3) is 0.333. The number of benzene rings is 2. The molecule has 1 aromatic heterocycles. The van der Waals surface area contributed by atoms with Gasteiger partial charge in [-0.15, -0.1) is 0 Å². The Labute approximate surface area is 171 Å². The van der Waals surface area contributed by atoms with Gasteiger partial charge in [-0.1, -0.05) is 53.7 Å². The predicted octanol–water partition coefficient (Wildman–Crippen LogP) is 4.86. The molecule has 3 aromatic rings. The molecular weight excluding hydrogens is 364 g/mol. The van der Waals surface area contributed by atoms with Gasteiger partial charge in [-0.2, -0.15) is 0 Å². The molecule has 0 atom stereocenters. The molecule has 29 heavy (non-hydrogen) atoms. The lowest BCUT2D eigenvalue weighted by Crippen LogP contribution is -2.21. The Morgan fingerprint density at radius 3 is 2.17 bits per heavy atom. The summed E-state index contributed by atoms with van der Waals surface area (Å²) in [7, 11) is 0. The monoisotopic (exact) mass is 392 g/mol. The third-order valence-corrected chi connectivity index (χ3v) is 5.12. The molecule has 0 aliphatic rings. The van der Waals surface area contributed by atoms with E-state index in [2.05, 4.69) is 46.9 Å². The van der Waals surface area contributed by atoms with E-state index in [1.807, 2.05) is 22.8 Å². The Hall–Kier alpha value is -3.08. The molecule has 0 saturated heterocycles. The first-order valence-corrected chi connectivity index (χ1v) is 9.68. The molecule has 5 heteroatoms. The molecule has 1 heterocycles. The third-order valence-electron chi connectivity index (χ3n) is 5.12. The van der Waals surface area contributed by atoms with Crippen LogP contribution in [0.15, 0.2) is 47.4 Å². The van der Waals surface area contributed by atoms with Crippen molar-refractivity contribution in [3.05, 3.63) is 63.9 Å². The number of para-hydroxylation sites is 1. The van der Waals surface area contributed by atoms with Gasteiger partial charge in [0.15, 0.2) is 0 Å². The SMILES string of the molecule is CC(C)(C)c1cc(C(C)(C)C)c(-n2cc(NC=O)c(=O)c3ccccc32)cc1O. The largest absolute Gasteiger partial charge is 0.508 e. The maximum Gasteiger partial charge on any atom is 0.212 e. The number of carbonyl (C=O) groups is 1. The van der Waals surface area contributed by atoms with Crippen LogP contribution in [0.2, 0.25) is 0 Å². The van der Waals surface area contributed by atoms with Gasteiger partial charge in [-0.05, 0) is 40.2 Å². The van der Waals surface area contributed by atoms with Crippen molar-refractivity contribution < 1.29 is 9.90 Å². The number of fused-ring (bicyclic) bond motifs is 1. The topological polar surface area (TPSA) is 71.3 Å². The van der Waals surface area contributed by atoms with Crippen LogP contribution >= 0.6 is 0 Å². The molecule has 5 nitrogen and oxygen atoms in total. The number of nitrogens with one attached hydrogen (secondary N) is 1. The summed E-state index contributed by atoms with van der Waals surface area (Å²) in [5, 5.41) is 13.8. The third kappa shape index (κ3) is 3.77. The van der Waals surface area contributed by atoms with E-state index in [9.17, 15) is 14.7 Å². The zero-order chi connectivity index (χ0) is 21.6. The first-order chi connectivity index (χ1) is 13.4. The van der Waals surface area contributed by atoms with Crippen LogP contribution in [0.25, 0.3) is 16.6 Å². The fourth-order valence-electron chi connectivity index (χ4n) is 3.62. The number of hydrogen-bond acceptors (Lipinski definition) is 3. The summed E-state index contributed by atoms with van der Waals surface area (Å²) in [6, 6.07) is 11.1. The zero-order valence-electron chi connectivity index (χ0n) is 17.8. The highest BCUT2D eigenvalue weighted by molar-refractivity contribution is 5.86. The number of nitrogens with zero attached hydrogens (tertiary/aromatic N) is 1. The Bertz CT molecular complexity index is 1150. The highest BCUT2D eigenvalue weighted by Crippen LogP contribution is 2.39. The molecule has 0 radical (unpaired) electrons. The van der Waals surface area contributed by atoms with Crippen molar-refractivity contribution in [1.82, 2.24) is 4.57 Å². The second-order valence-corrected chi connectivity index (χ2v) is 9.41. The lowest BCUT2D eigenvalue weighted by atomic mass is 9.79. The van der Waals surface area contributed by atoms with Gasteiger partial charge in [0.05, 0.1) is 11.2 Å². The number of aromatic hydroxyl groups is 1. The van der Waals surface area contributed by atoms with Crippen LogP contribution in [0.5, 0.6) is 5.75 Å². The summed E-state index contributed by atoms with van der Waals surface area (Å²) >= 11 is 0. The van der Waals surface area contributed by atoms with E-state index < -0.39 is 0 Å². The normalized spacial score (nSPS) is 12.2. The van der Waals surface area contributed by atoms with Crippen molar-refractivity contribution in [3.63, 3.8) is 0 Å². The average Bonchev–Trinajstić information content (AvgIpc) is 2.62. The number of pyridine rings is 1. The highest BCUT2D eigenvalue weighted by Gasteiger charge is 2.26. The van der Waals surface area contributed by atoms with E-state index in [-0.39, 0.29) is 27.7 Å². The van der Waals surface area contributed by atoms with Gasteiger partial charge in [-0.3, -0.25) is 9.59 Å². The van der Waals surface area contributed by atoms with Crippen molar-refractivity contribution in [2.45, 2.75) is 52.4 Å². The zero-order valence-corrected chi connectivity index (χ0v) is 17.8. The lowest BCUT2D eigenvalue weighted by molar-refractivity contribution is -0.105. The van der Waals surface area contributed by atoms with E-state index in [0.29, 0.717) is 17.3 Å². The molecule has 0 spiro atoms. The first-order valence-electron chi connectivity index (χ1n) is 9.68. The van der Waals surface area contributed by atoms with Crippen LogP contribution in [0.3, 0.4) is 0 Å². The van der Waals surface area contributed by atoms with Crippen molar-refractivity contribution in [2.75, 3.05) is 5.32 Å². The molecular formula is C24H28N2O3. The van der Waals surface area contributed by atoms with Gasteiger partial charge < -0.3 is 15.0 Å². The average molecular weight is 392 g/mol. The van der Waals surface area contributed by atoms with Gasteiger partial charge in [0.2, 0.25) is 11.8 Å². The van der Waals surface area contributed by atoms with Crippen LogP contribution in [0.4, 0.5) is 5.69 Å². The van der Waals surface area contributed by atoms with Gasteiger partial charge in [-0.25, -0.2) is 0 Å². The summed E-state index contributed by atoms with van der Waals surface area (Å²) in [5.74, 6) is 0.202. The minimum absolute atomic E-state index is 0.193. The highest BCUT2D eigenvalue weighted by atomic mass is 16.3. The van der Waals surface area contributed by atoms with Crippen molar-refractivity contribution in [2.24, 2.45) is 0 Å². The van der Waals surface area contributed by atoms with Crippen LogP contribution in [-0.4, -0.2) is 16.1 Å². The Kier molecular flexibility index (Phi) is 5.03. The summed E-state index contributed by atoms with van der Waals surface area (Å²) < 4.78 is 1.87. The minimum atomic E-state index is -0.239. The number of phenols is 1. The molecule has 152 valence electrons. The molecule has 1 amide bonds. The maximum absolute atomic E-state index is 12.8. The Morgan fingerprint density at radius 1 is 0.966 bits per heavy atom. The van der Waals surface area contributed by atoms with E-state index in [1.165, 1.54) is 0 Å². The first kappa shape index (κ1) is 20.6. The van der Waals surface area contributed by atoms with Crippen molar-refractivity contribution in [1.29, 1.82) is 0 Å². The molecule has 3 rings (SSSR count). The van der Waals surface area contributed by atoms with Gasteiger partial charge in [0, 0.05) is 17.6 Å². The van der Waals surface area contributed by atoms with Gasteiger partial charge in [0.1, 0.15) is 11.4 Å².